The molecule has 5 N–H and O–H groups in total. The van der Waals surface area contributed by atoms with Crippen LogP contribution in [-0.4, -0.2) is 135 Å². The van der Waals surface area contributed by atoms with Gasteiger partial charge < -0.3 is 45.7 Å². The van der Waals surface area contributed by atoms with Gasteiger partial charge in [0.2, 0.25) is 23.6 Å². The van der Waals surface area contributed by atoms with Gasteiger partial charge in [0.05, 0.1) is 48.6 Å². The van der Waals surface area contributed by atoms with E-state index < -0.39 is 6.04 Å². The third kappa shape index (κ3) is 19.4. The van der Waals surface area contributed by atoms with E-state index in [0.717, 1.165) is 41.7 Å². The van der Waals surface area contributed by atoms with E-state index in [-0.39, 0.29) is 86.3 Å². The standard InChI is InChI=1S/C54H67Cl3N6O9S/c1-36-28-38(16-18-42(36)55)29-40-33-63(34-41(52(40)67)30-39-17-19-43(56)44(57)31-39)53(68)45(32-37-10-3-2-4-11-37)60-50(66)15-7-14-49(65)59-21-9-23-71-25-27-72-26-24-70-22-8-20-58-48(64)13-6-5-12-47-51-46(35-73-47)61-54(69)62-51/h2-4,10-11,16-19,28-31,45-47,51H,5-9,12-15,20-27,32-35H2,1H3,(H,58,64)(H,59,65)(H,60,66)(H2,61,62,69)/b40-29+,41-30+/t45-,46?,47-,51?/m0/s1. The van der Waals surface area contributed by atoms with E-state index in [1.54, 1.807) is 41.3 Å². The highest BCUT2D eigenvalue weighted by Crippen LogP contribution is 2.33. The summed E-state index contributed by atoms with van der Waals surface area (Å²) in [7, 11) is 0. The molecular weight excluding hydrogens is 1020 g/mol. The molecule has 3 saturated heterocycles. The summed E-state index contributed by atoms with van der Waals surface area (Å²) in [6.45, 7) is 5.54. The minimum absolute atomic E-state index is 0.00268. The van der Waals surface area contributed by atoms with Gasteiger partial charge in [-0.3, -0.25) is 24.0 Å². The van der Waals surface area contributed by atoms with Gasteiger partial charge in [-0.15, -0.1) is 0 Å². The highest BCUT2D eigenvalue weighted by Gasteiger charge is 2.42. The van der Waals surface area contributed by atoms with Crippen molar-refractivity contribution in [1.29, 1.82) is 0 Å². The van der Waals surface area contributed by atoms with Crippen LogP contribution in [0.2, 0.25) is 15.1 Å². The lowest BCUT2D eigenvalue weighted by Crippen LogP contribution is -2.52. The zero-order valence-corrected chi connectivity index (χ0v) is 44.4. The topological polar surface area (TPSA) is 194 Å². The first kappa shape index (κ1) is 57.3. The Hall–Kier alpha value is -4.94. The van der Waals surface area contributed by atoms with Gasteiger partial charge >= 0.3 is 6.03 Å². The molecule has 0 bridgehead atoms. The van der Waals surface area contributed by atoms with E-state index in [1.807, 2.05) is 61.2 Å². The maximum absolute atomic E-state index is 14.5. The van der Waals surface area contributed by atoms with Crippen molar-refractivity contribution in [3.63, 3.8) is 0 Å². The van der Waals surface area contributed by atoms with Gasteiger partial charge in [0.15, 0.2) is 5.78 Å². The second-order valence-corrected chi connectivity index (χ2v) is 20.8. The predicted molar refractivity (Wildman–Crippen MR) is 288 cm³/mol. The van der Waals surface area contributed by atoms with Gasteiger partial charge in [0.1, 0.15) is 6.04 Å². The predicted octanol–water partition coefficient (Wildman–Crippen LogP) is 7.52. The van der Waals surface area contributed by atoms with Crippen molar-refractivity contribution in [2.45, 2.75) is 94.5 Å². The summed E-state index contributed by atoms with van der Waals surface area (Å²) in [4.78, 5) is 79.8. The first-order chi connectivity index (χ1) is 35.3. The average Bonchev–Trinajstić information content (AvgIpc) is 3.93. The second kappa shape index (κ2) is 30.4. The fraction of sp³-hybridized carbons (Fsp3) is 0.481. The van der Waals surface area contributed by atoms with E-state index >= 15 is 0 Å². The Morgan fingerprint density at radius 2 is 1.29 bits per heavy atom. The van der Waals surface area contributed by atoms with Crippen molar-refractivity contribution in [3.05, 3.63) is 115 Å². The second-order valence-electron chi connectivity index (χ2n) is 18.3. The van der Waals surface area contributed by atoms with Crippen molar-refractivity contribution in [1.82, 2.24) is 31.5 Å². The number of amides is 6. The monoisotopic (exact) mass is 1080 g/mol. The highest BCUT2D eigenvalue weighted by atomic mass is 35.5. The number of nitrogens with one attached hydrogen (secondary N) is 5. The zero-order valence-electron chi connectivity index (χ0n) is 41.3. The summed E-state index contributed by atoms with van der Waals surface area (Å²) >= 11 is 20.7. The molecule has 4 atom stereocenters. The lowest BCUT2D eigenvalue weighted by Gasteiger charge is -2.33. The van der Waals surface area contributed by atoms with Gasteiger partial charge in [-0.25, -0.2) is 4.79 Å². The number of hydrogen-bond donors (Lipinski definition) is 5. The Morgan fingerprint density at radius 3 is 1.92 bits per heavy atom. The number of hydrogen-bond acceptors (Lipinski definition) is 10. The molecule has 73 heavy (non-hydrogen) atoms. The zero-order chi connectivity index (χ0) is 52.0. The minimum atomic E-state index is -0.946. The number of aryl methyl sites for hydroxylation is 1. The highest BCUT2D eigenvalue weighted by molar-refractivity contribution is 8.00. The van der Waals surface area contributed by atoms with Crippen LogP contribution in [0.25, 0.3) is 12.2 Å². The van der Waals surface area contributed by atoms with Crippen LogP contribution in [0.3, 0.4) is 0 Å². The Labute approximate surface area is 447 Å². The van der Waals surface area contributed by atoms with E-state index in [9.17, 15) is 28.8 Å². The smallest absolute Gasteiger partial charge is 0.315 e. The van der Waals surface area contributed by atoms with Gasteiger partial charge in [-0.05, 0) is 91.6 Å². The summed E-state index contributed by atoms with van der Waals surface area (Å²) in [5.41, 5.74) is 3.85. The molecule has 0 aromatic heterocycles. The number of urea groups is 1. The fourth-order valence-corrected chi connectivity index (χ4v) is 10.7. The van der Waals surface area contributed by atoms with Crippen molar-refractivity contribution in [2.24, 2.45) is 0 Å². The van der Waals surface area contributed by atoms with Gasteiger partial charge in [0.25, 0.3) is 0 Å². The Kier molecular flexibility index (Phi) is 23.9. The number of ketones is 1. The maximum Gasteiger partial charge on any atom is 0.315 e. The lowest BCUT2D eigenvalue weighted by molar-refractivity contribution is -0.136. The van der Waals surface area contributed by atoms with Gasteiger partial charge in [-0.1, -0.05) is 89.8 Å². The molecule has 3 aromatic rings. The molecule has 0 radical (unpaired) electrons. The van der Waals surface area contributed by atoms with Crippen LogP contribution in [0.15, 0.2) is 77.9 Å². The Morgan fingerprint density at radius 1 is 0.699 bits per heavy atom. The number of carbonyl (C=O) groups excluding carboxylic acids is 6. The number of carbonyl (C=O) groups is 6. The van der Waals surface area contributed by atoms with Crippen LogP contribution in [-0.2, 0) is 44.6 Å². The summed E-state index contributed by atoms with van der Waals surface area (Å²) < 4.78 is 16.8. The maximum atomic E-state index is 14.5. The molecule has 3 aromatic carbocycles. The average molecular weight is 1080 g/mol. The van der Waals surface area contributed by atoms with Crippen LogP contribution in [0.1, 0.15) is 80.0 Å². The first-order valence-electron chi connectivity index (χ1n) is 25.1. The fourth-order valence-electron chi connectivity index (χ4n) is 8.70. The Bertz CT molecular complexity index is 2350. The summed E-state index contributed by atoms with van der Waals surface area (Å²) in [6, 6.07) is 19.3. The van der Waals surface area contributed by atoms with Crippen molar-refractivity contribution >= 4 is 94.2 Å². The van der Waals surface area contributed by atoms with Crippen LogP contribution >= 0.6 is 46.6 Å². The number of rotatable bonds is 29. The van der Waals surface area contributed by atoms with Crippen LogP contribution in [0, 0.1) is 6.92 Å². The molecule has 0 saturated carbocycles. The van der Waals surface area contributed by atoms with Gasteiger partial charge in [0, 0.05) is 92.2 Å². The summed E-state index contributed by atoms with van der Waals surface area (Å²) in [5, 5.41) is 16.4. The molecule has 6 rings (SSSR count). The minimum Gasteiger partial charge on any atom is -0.379 e. The SMILES string of the molecule is Cc1cc(/C=C2\CN(C(=O)[C@H](Cc3ccccc3)NC(=O)CCCC(=O)NCCCOCCOCCOCCCNC(=O)CCCC[C@@H]3SCC4NC(=O)NC43)C/C(=C\c3ccc(Cl)c(Cl)c3)C2=O)ccc1Cl. The molecule has 15 nitrogen and oxygen atoms in total. The van der Waals surface area contributed by atoms with Crippen molar-refractivity contribution < 1.29 is 43.0 Å². The van der Waals surface area contributed by atoms with Crippen molar-refractivity contribution in [2.75, 3.05) is 71.6 Å². The molecule has 2 unspecified atom stereocenters. The number of unbranched alkanes of at least 4 members (excludes halogenated alkanes) is 1. The number of benzene rings is 3. The number of halogens is 3. The van der Waals surface area contributed by atoms with E-state index in [4.69, 9.17) is 49.0 Å². The third-order valence-electron chi connectivity index (χ3n) is 12.5. The largest absolute Gasteiger partial charge is 0.379 e. The van der Waals surface area contributed by atoms with E-state index in [0.29, 0.717) is 109 Å². The number of thioether (sulfide) groups is 1. The molecular formula is C54H67Cl3N6O9S. The molecule has 394 valence electrons. The van der Waals surface area contributed by atoms with E-state index in [1.165, 1.54) is 0 Å². The quantitative estimate of drug-likeness (QED) is 0.0264. The summed E-state index contributed by atoms with van der Waals surface area (Å²) in [5.74, 6) is -0.136. The number of piperidine rings is 1. The number of fused-ring (bicyclic) bond motifs is 1. The van der Waals surface area contributed by atoms with E-state index in [2.05, 4.69) is 26.6 Å². The molecule has 3 heterocycles. The van der Waals surface area contributed by atoms with Gasteiger partial charge in [-0.2, -0.15) is 11.8 Å². The normalized spacial score (nSPS) is 18.8. The molecule has 3 aliphatic heterocycles. The molecule has 0 aliphatic carbocycles. The van der Waals surface area contributed by atoms with Crippen LogP contribution < -0.4 is 26.6 Å². The first-order valence-corrected chi connectivity index (χ1v) is 27.3. The Balaban J connectivity index is 0.830. The number of likely N-dealkylation sites (tertiary alicyclic amines) is 1. The molecule has 6 amide bonds. The lowest BCUT2D eigenvalue weighted by atomic mass is 9.93. The molecule has 3 fully saturated rings. The number of nitrogens with zero attached hydrogens (tertiary/aromatic N) is 1. The number of Topliss-reactive ketones (excluding diaryl/α,β-unsaturated/α-hetero) is 1. The molecule has 19 heteroatoms. The molecule has 0 spiro atoms. The van der Waals surface area contributed by atoms with Crippen molar-refractivity contribution in [3.8, 4) is 0 Å². The number of ether oxygens (including phenoxy) is 3. The van der Waals surface area contributed by atoms with Crippen LogP contribution in [0.4, 0.5) is 4.79 Å². The van der Waals surface area contributed by atoms with Crippen LogP contribution in [0.5, 0.6) is 0 Å². The summed E-state index contributed by atoms with van der Waals surface area (Å²) in [6.07, 6.45) is 8.73. The molecule has 3 aliphatic rings. The third-order valence-corrected chi connectivity index (χ3v) is 15.2.